The molecule has 4 heteroatoms. The van der Waals surface area contributed by atoms with Gasteiger partial charge in [0.05, 0.1) is 23.1 Å². The Labute approximate surface area is 147 Å². The van der Waals surface area contributed by atoms with E-state index in [4.69, 9.17) is 4.98 Å². The van der Waals surface area contributed by atoms with Crippen LogP contribution in [0.2, 0.25) is 0 Å². The van der Waals surface area contributed by atoms with E-state index in [1.165, 1.54) is 32.1 Å². The van der Waals surface area contributed by atoms with Crippen LogP contribution in [0.15, 0.2) is 59.4 Å². The highest BCUT2D eigenvalue weighted by Crippen LogP contribution is 2.18. The summed E-state index contributed by atoms with van der Waals surface area (Å²) in [4.78, 5) is 17.9. The highest BCUT2D eigenvalue weighted by Gasteiger charge is 2.16. The minimum atomic E-state index is -0.00255. The number of para-hydroxylation sites is 2. The molecular weight excluding hydrogens is 310 g/mol. The highest BCUT2D eigenvalue weighted by atomic mass is 16.1. The van der Waals surface area contributed by atoms with Gasteiger partial charge in [-0.05, 0) is 37.1 Å². The van der Waals surface area contributed by atoms with Crippen LogP contribution in [-0.2, 0) is 6.54 Å². The molecule has 0 amide bonds. The SMILES string of the molecule is O=c1c2ccccc2nc(CNC2CCCCC2)n1-c1ccccc1. The number of benzene rings is 2. The molecule has 0 atom stereocenters. The molecule has 0 aliphatic heterocycles. The molecule has 1 aliphatic rings. The van der Waals surface area contributed by atoms with E-state index >= 15 is 0 Å². The van der Waals surface area contributed by atoms with Crippen LogP contribution in [0.5, 0.6) is 0 Å². The fourth-order valence-electron chi connectivity index (χ4n) is 3.68. The maximum atomic E-state index is 13.1. The zero-order valence-corrected chi connectivity index (χ0v) is 14.3. The summed E-state index contributed by atoms with van der Waals surface area (Å²) < 4.78 is 1.75. The summed E-state index contributed by atoms with van der Waals surface area (Å²) in [7, 11) is 0. The Hall–Kier alpha value is -2.46. The lowest BCUT2D eigenvalue weighted by Gasteiger charge is -2.23. The van der Waals surface area contributed by atoms with E-state index in [2.05, 4.69) is 5.32 Å². The number of nitrogens with zero attached hydrogens (tertiary/aromatic N) is 2. The van der Waals surface area contributed by atoms with E-state index < -0.39 is 0 Å². The topological polar surface area (TPSA) is 46.9 Å². The quantitative estimate of drug-likeness (QED) is 0.790. The monoisotopic (exact) mass is 333 g/mol. The van der Waals surface area contributed by atoms with E-state index in [0.717, 1.165) is 17.0 Å². The molecule has 4 nitrogen and oxygen atoms in total. The molecule has 0 radical (unpaired) electrons. The van der Waals surface area contributed by atoms with Crippen molar-refractivity contribution >= 4 is 10.9 Å². The predicted octanol–water partition coefficient (Wildman–Crippen LogP) is 3.81. The summed E-state index contributed by atoms with van der Waals surface area (Å²) in [6.45, 7) is 0.611. The first-order valence-corrected chi connectivity index (χ1v) is 9.12. The molecule has 4 rings (SSSR count). The minimum Gasteiger partial charge on any atom is -0.307 e. The van der Waals surface area contributed by atoms with Gasteiger partial charge in [0.2, 0.25) is 0 Å². The van der Waals surface area contributed by atoms with Crippen LogP contribution in [0.3, 0.4) is 0 Å². The Bertz CT molecular complexity index is 911. The summed E-state index contributed by atoms with van der Waals surface area (Å²) >= 11 is 0. The predicted molar refractivity (Wildman–Crippen MR) is 101 cm³/mol. The van der Waals surface area contributed by atoms with Crippen LogP contribution in [0.1, 0.15) is 37.9 Å². The molecule has 1 N–H and O–H groups in total. The van der Waals surface area contributed by atoms with Crippen LogP contribution >= 0.6 is 0 Å². The van der Waals surface area contributed by atoms with Gasteiger partial charge in [-0.15, -0.1) is 0 Å². The standard InChI is InChI=1S/C21H23N3O/c25-21-18-13-7-8-14-19(18)23-20(15-22-16-9-3-1-4-10-16)24(21)17-11-5-2-6-12-17/h2,5-8,11-14,16,22H,1,3-4,9-10,15H2. The first-order valence-electron chi connectivity index (χ1n) is 9.12. The molecule has 1 fully saturated rings. The number of hydrogen-bond acceptors (Lipinski definition) is 3. The van der Waals surface area contributed by atoms with Crippen molar-refractivity contribution in [3.63, 3.8) is 0 Å². The number of fused-ring (bicyclic) bond motifs is 1. The lowest BCUT2D eigenvalue weighted by atomic mass is 9.95. The Kier molecular flexibility index (Phi) is 4.61. The van der Waals surface area contributed by atoms with Crippen molar-refractivity contribution in [3.8, 4) is 5.69 Å². The Balaban J connectivity index is 1.76. The van der Waals surface area contributed by atoms with Crippen molar-refractivity contribution in [2.45, 2.75) is 44.7 Å². The molecule has 128 valence electrons. The van der Waals surface area contributed by atoms with Crippen LogP contribution in [-0.4, -0.2) is 15.6 Å². The van der Waals surface area contributed by atoms with Crippen molar-refractivity contribution < 1.29 is 0 Å². The van der Waals surface area contributed by atoms with Crippen LogP contribution in [0.4, 0.5) is 0 Å². The van der Waals surface area contributed by atoms with Gasteiger partial charge in [0.1, 0.15) is 5.82 Å². The Morgan fingerprint density at radius 1 is 0.960 bits per heavy atom. The molecule has 3 aromatic rings. The molecule has 2 aromatic carbocycles. The molecule has 1 aliphatic carbocycles. The van der Waals surface area contributed by atoms with E-state index in [9.17, 15) is 4.79 Å². The maximum Gasteiger partial charge on any atom is 0.266 e. The maximum absolute atomic E-state index is 13.1. The molecule has 25 heavy (non-hydrogen) atoms. The second kappa shape index (κ2) is 7.19. The van der Waals surface area contributed by atoms with E-state index in [0.29, 0.717) is 18.0 Å². The lowest BCUT2D eigenvalue weighted by molar-refractivity contribution is 0.368. The third-order valence-electron chi connectivity index (χ3n) is 5.01. The minimum absolute atomic E-state index is 0.00255. The third-order valence-corrected chi connectivity index (χ3v) is 5.01. The summed E-state index contributed by atoms with van der Waals surface area (Å²) in [6.07, 6.45) is 6.33. The van der Waals surface area contributed by atoms with Gasteiger partial charge >= 0.3 is 0 Å². The van der Waals surface area contributed by atoms with E-state index in [1.807, 2.05) is 54.6 Å². The van der Waals surface area contributed by atoms with Gasteiger partial charge in [-0.25, -0.2) is 4.98 Å². The molecule has 0 spiro atoms. The number of hydrogen-bond donors (Lipinski definition) is 1. The highest BCUT2D eigenvalue weighted by molar-refractivity contribution is 5.77. The van der Waals surface area contributed by atoms with Gasteiger partial charge in [-0.1, -0.05) is 49.6 Å². The summed E-state index contributed by atoms with van der Waals surface area (Å²) in [5.74, 6) is 0.778. The van der Waals surface area contributed by atoms with E-state index in [-0.39, 0.29) is 5.56 Å². The van der Waals surface area contributed by atoms with Crippen molar-refractivity contribution in [3.05, 3.63) is 70.8 Å². The van der Waals surface area contributed by atoms with Crippen molar-refractivity contribution in [2.75, 3.05) is 0 Å². The summed E-state index contributed by atoms with van der Waals surface area (Å²) in [5, 5.41) is 4.28. The first kappa shape index (κ1) is 16.0. The number of rotatable bonds is 4. The summed E-state index contributed by atoms with van der Waals surface area (Å²) in [6, 6.07) is 17.9. The van der Waals surface area contributed by atoms with Gasteiger partial charge in [-0.2, -0.15) is 0 Å². The Morgan fingerprint density at radius 2 is 1.68 bits per heavy atom. The van der Waals surface area contributed by atoms with Gasteiger partial charge in [0, 0.05) is 6.04 Å². The molecule has 1 saturated carbocycles. The molecule has 0 unspecified atom stereocenters. The fraction of sp³-hybridized carbons (Fsp3) is 0.333. The van der Waals surface area contributed by atoms with Crippen molar-refractivity contribution in [1.29, 1.82) is 0 Å². The van der Waals surface area contributed by atoms with Crippen molar-refractivity contribution in [2.24, 2.45) is 0 Å². The van der Waals surface area contributed by atoms with Gasteiger partial charge in [0.25, 0.3) is 5.56 Å². The van der Waals surface area contributed by atoms with Crippen LogP contribution < -0.4 is 10.9 Å². The zero-order chi connectivity index (χ0) is 17.1. The molecule has 0 saturated heterocycles. The molecule has 1 aromatic heterocycles. The van der Waals surface area contributed by atoms with Crippen LogP contribution in [0, 0.1) is 0 Å². The Morgan fingerprint density at radius 3 is 2.48 bits per heavy atom. The third kappa shape index (κ3) is 3.35. The van der Waals surface area contributed by atoms with E-state index in [1.54, 1.807) is 4.57 Å². The largest absolute Gasteiger partial charge is 0.307 e. The first-order chi connectivity index (χ1) is 12.3. The molecule has 1 heterocycles. The summed E-state index contributed by atoms with van der Waals surface area (Å²) in [5.41, 5.74) is 1.63. The lowest BCUT2D eigenvalue weighted by Crippen LogP contribution is -2.34. The molecular formula is C21H23N3O. The van der Waals surface area contributed by atoms with Gasteiger partial charge < -0.3 is 5.32 Å². The second-order valence-corrected chi connectivity index (χ2v) is 6.74. The normalized spacial score (nSPS) is 15.5. The van der Waals surface area contributed by atoms with Crippen LogP contribution in [0.25, 0.3) is 16.6 Å². The fourth-order valence-corrected chi connectivity index (χ4v) is 3.68. The smallest absolute Gasteiger partial charge is 0.266 e. The van der Waals surface area contributed by atoms with Crippen molar-refractivity contribution in [1.82, 2.24) is 14.9 Å². The van der Waals surface area contributed by atoms with Gasteiger partial charge in [-0.3, -0.25) is 9.36 Å². The average Bonchev–Trinajstić information content (AvgIpc) is 2.68. The average molecular weight is 333 g/mol. The van der Waals surface area contributed by atoms with Gasteiger partial charge in [0.15, 0.2) is 0 Å². The number of aromatic nitrogens is 2. The second-order valence-electron chi connectivity index (χ2n) is 6.74. The molecule has 0 bridgehead atoms. The zero-order valence-electron chi connectivity index (χ0n) is 14.3. The number of nitrogens with one attached hydrogen (secondary N) is 1.